The number of aldehydes is 1. The highest BCUT2D eigenvalue weighted by Crippen LogP contribution is 2.24. The lowest BCUT2D eigenvalue weighted by molar-refractivity contribution is -0.131. The molecule has 6 nitrogen and oxygen atoms in total. The molecular weight excluding hydrogens is 330 g/mol. The molecule has 2 aromatic carbocycles. The molecule has 1 N–H and O–H groups in total. The standard InChI is InChI=1S/C20H19N3O3/c21-12-16-5-1-2-7-19(16)23-9-8-22(13-17(23)14-24)20(26)11-15-4-3-6-18(25)10-15/h1-7,10,14,17,25H,8-9,11,13H2. The van der Waals surface area contributed by atoms with Gasteiger partial charge in [-0.1, -0.05) is 24.3 Å². The molecule has 0 spiro atoms. The molecule has 1 fully saturated rings. The van der Waals surface area contributed by atoms with E-state index < -0.39 is 6.04 Å². The molecule has 1 aliphatic heterocycles. The van der Waals surface area contributed by atoms with E-state index in [1.165, 1.54) is 0 Å². The minimum Gasteiger partial charge on any atom is -0.508 e. The lowest BCUT2D eigenvalue weighted by Gasteiger charge is -2.40. The topological polar surface area (TPSA) is 84.6 Å². The fourth-order valence-corrected chi connectivity index (χ4v) is 3.22. The number of piperazine rings is 1. The third kappa shape index (κ3) is 3.67. The van der Waals surface area contributed by atoms with Crippen LogP contribution < -0.4 is 4.90 Å². The highest BCUT2D eigenvalue weighted by Gasteiger charge is 2.30. The van der Waals surface area contributed by atoms with Crippen molar-refractivity contribution in [2.24, 2.45) is 0 Å². The van der Waals surface area contributed by atoms with Crippen LogP contribution in [0.5, 0.6) is 5.75 Å². The van der Waals surface area contributed by atoms with Crippen molar-refractivity contribution in [2.45, 2.75) is 12.5 Å². The predicted molar refractivity (Wildman–Crippen MR) is 96.7 cm³/mol. The van der Waals surface area contributed by atoms with E-state index in [1.54, 1.807) is 41.3 Å². The molecule has 26 heavy (non-hydrogen) atoms. The number of aromatic hydroxyl groups is 1. The van der Waals surface area contributed by atoms with E-state index in [4.69, 9.17) is 0 Å². The lowest BCUT2D eigenvalue weighted by atomic mass is 10.1. The Morgan fingerprint density at radius 3 is 2.77 bits per heavy atom. The first kappa shape index (κ1) is 17.5. The van der Waals surface area contributed by atoms with Crippen LogP contribution in [-0.4, -0.2) is 47.9 Å². The number of amides is 1. The summed E-state index contributed by atoms with van der Waals surface area (Å²) < 4.78 is 0. The predicted octanol–water partition coefficient (Wildman–Crippen LogP) is 1.72. The van der Waals surface area contributed by atoms with Gasteiger partial charge in [-0.3, -0.25) is 4.79 Å². The van der Waals surface area contributed by atoms with Crippen LogP contribution in [0.25, 0.3) is 0 Å². The Morgan fingerprint density at radius 1 is 1.23 bits per heavy atom. The molecule has 0 aromatic heterocycles. The van der Waals surface area contributed by atoms with Gasteiger partial charge in [0.05, 0.1) is 17.7 Å². The molecule has 3 rings (SSSR count). The summed E-state index contributed by atoms with van der Waals surface area (Å²) in [5.74, 6) is 0.0367. The largest absolute Gasteiger partial charge is 0.508 e. The van der Waals surface area contributed by atoms with Gasteiger partial charge in [-0.15, -0.1) is 0 Å². The summed E-state index contributed by atoms with van der Waals surface area (Å²) in [6, 6.07) is 15.4. The van der Waals surface area contributed by atoms with E-state index in [0.717, 1.165) is 11.8 Å². The average molecular weight is 349 g/mol. The molecule has 0 radical (unpaired) electrons. The van der Waals surface area contributed by atoms with Crippen LogP contribution in [0.3, 0.4) is 0 Å². The molecule has 0 saturated carbocycles. The highest BCUT2D eigenvalue weighted by atomic mass is 16.3. The molecule has 1 saturated heterocycles. The van der Waals surface area contributed by atoms with Gasteiger partial charge in [0.2, 0.25) is 5.91 Å². The summed E-state index contributed by atoms with van der Waals surface area (Å²) in [6.07, 6.45) is 0.997. The number of carbonyl (C=O) groups is 2. The summed E-state index contributed by atoms with van der Waals surface area (Å²) in [5.41, 5.74) is 1.96. The molecule has 0 bridgehead atoms. The number of phenols is 1. The monoisotopic (exact) mass is 349 g/mol. The number of carbonyl (C=O) groups excluding carboxylic acids is 2. The van der Waals surface area contributed by atoms with Crippen molar-refractivity contribution in [2.75, 3.05) is 24.5 Å². The molecule has 132 valence electrons. The van der Waals surface area contributed by atoms with E-state index >= 15 is 0 Å². The number of rotatable bonds is 4. The summed E-state index contributed by atoms with van der Waals surface area (Å²) in [6.45, 7) is 1.23. The van der Waals surface area contributed by atoms with Crippen LogP contribution in [0.1, 0.15) is 11.1 Å². The number of benzene rings is 2. The van der Waals surface area contributed by atoms with E-state index in [0.29, 0.717) is 24.3 Å². The maximum Gasteiger partial charge on any atom is 0.227 e. The fourth-order valence-electron chi connectivity index (χ4n) is 3.22. The second-order valence-corrected chi connectivity index (χ2v) is 6.21. The van der Waals surface area contributed by atoms with Crippen molar-refractivity contribution in [3.05, 3.63) is 59.7 Å². The van der Waals surface area contributed by atoms with Gasteiger partial charge < -0.3 is 19.7 Å². The van der Waals surface area contributed by atoms with Crippen molar-refractivity contribution >= 4 is 17.9 Å². The third-order valence-electron chi connectivity index (χ3n) is 4.53. The normalized spacial score (nSPS) is 16.8. The molecule has 1 aliphatic rings. The van der Waals surface area contributed by atoms with Gasteiger partial charge in [0.15, 0.2) is 0 Å². The first-order valence-corrected chi connectivity index (χ1v) is 8.39. The number of nitriles is 1. The van der Waals surface area contributed by atoms with Crippen molar-refractivity contribution in [1.29, 1.82) is 5.26 Å². The maximum atomic E-state index is 12.6. The Bertz CT molecular complexity index is 859. The molecular formula is C20H19N3O3. The first-order valence-electron chi connectivity index (χ1n) is 8.39. The third-order valence-corrected chi connectivity index (χ3v) is 4.53. The van der Waals surface area contributed by atoms with Crippen molar-refractivity contribution in [1.82, 2.24) is 4.90 Å². The van der Waals surface area contributed by atoms with Crippen LogP contribution >= 0.6 is 0 Å². The van der Waals surface area contributed by atoms with E-state index in [-0.39, 0.29) is 24.6 Å². The molecule has 1 unspecified atom stereocenters. The van der Waals surface area contributed by atoms with Crippen molar-refractivity contribution < 1.29 is 14.7 Å². The Morgan fingerprint density at radius 2 is 2.04 bits per heavy atom. The van der Waals surface area contributed by atoms with Crippen LogP contribution in [0.2, 0.25) is 0 Å². The van der Waals surface area contributed by atoms with Gasteiger partial charge in [-0.05, 0) is 29.8 Å². The van der Waals surface area contributed by atoms with Gasteiger partial charge in [-0.2, -0.15) is 5.26 Å². The van der Waals surface area contributed by atoms with Crippen molar-refractivity contribution in [3.63, 3.8) is 0 Å². The van der Waals surface area contributed by atoms with Gasteiger partial charge >= 0.3 is 0 Å². The molecule has 6 heteroatoms. The second-order valence-electron chi connectivity index (χ2n) is 6.21. The average Bonchev–Trinajstić information content (AvgIpc) is 2.67. The molecule has 1 heterocycles. The Labute approximate surface area is 151 Å². The van der Waals surface area contributed by atoms with E-state index in [2.05, 4.69) is 6.07 Å². The summed E-state index contributed by atoms with van der Waals surface area (Å²) in [5, 5.41) is 18.8. The van der Waals surface area contributed by atoms with Crippen LogP contribution in [-0.2, 0) is 16.0 Å². The number of para-hydroxylation sites is 1. The summed E-state index contributed by atoms with van der Waals surface area (Å²) in [4.78, 5) is 27.7. The van der Waals surface area contributed by atoms with E-state index in [1.807, 2.05) is 17.0 Å². The zero-order valence-corrected chi connectivity index (χ0v) is 14.2. The molecule has 2 aromatic rings. The highest BCUT2D eigenvalue weighted by molar-refractivity contribution is 5.81. The fraction of sp³-hybridized carbons (Fsp3) is 0.250. The lowest BCUT2D eigenvalue weighted by Crippen LogP contribution is -2.56. The summed E-state index contributed by atoms with van der Waals surface area (Å²) in [7, 11) is 0. The molecule has 1 atom stereocenters. The molecule has 0 aliphatic carbocycles. The minimum absolute atomic E-state index is 0.0873. The van der Waals surface area contributed by atoms with Gasteiger partial charge in [-0.25, -0.2) is 0 Å². The molecule has 1 amide bonds. The number of phenolic OH excluding ortho intramolecular Hbond substituents is 1. The van der Waals surface area contributed by atoms with Gasteiger partial charge in [0.25, 0.3) is 0 Å². The zero-order chi connectivity index (χ0) is 18.5. The number of anilines is 1. The van der Waals surface area contributed by atoms with Crippen molar-refractivity contribution in [3.8, 4) is 11.8 Å². The summed E-state index contributed by atoms with van der Waals surface area (Å²) >= 11 is 0. The van der Waals surface area contributed by atoms with E-state index in [9.17, 15) is 20.0 Å². The van der Waals surface area contributed by atoms with Crippen LogP contribution in [0.4, 0.5) is 5.69 Å². The Hall–Kier alpha value is -3.33. The van der Waals surface area contributed by atoms with Gasteiger partial charge in [0.1, 0.15) is 24.1 Å². The SMILES string of the molecule is N#Cc1ccccc1N1CCN(C(=O)Cc2cccc(O)c2)CC1C=O. The van der Waals surface area contributed by atoms with Crippen LogP contribution in [0, 0.1) is 11.3 Å². The second kappa shape index (κ2) is 7.70. The number of hydrogen-bond acceptors (Lipinski definition) is 5. The smallest absolute Gasteiger partial charge is 0.227 e. The van der Waals surface area contributed by atoms with Crippen LogP contribution in [0.15, 0.2) is 48.5 Å². The maximum absolute atomic E-state index is 12.6. The Balaban J connectivity index is 1.72. The quantitative estimate of drug-likeness (QED) is 0.850. The zero-order valence-electron chi connectivity index (χ0n) is 14.2. The number of hydrogen-bond donors (Lipinski definition) is 1. The minimum atomic E-state index is -0.494. The number of nitrogens with zero attached hydrogens (tertiary/aromatic N) is 3. The van der Waals surface area contributed by atoms with Gasteiger partial charge in [0, 0.05) is 19.6 Å². The Kier molecular flexibility index (Phi) is 5.18. The first-order chi connectivity index (χ1) is 12.6.